The van der Waals surface area contributed by atoms with Crippen LogP contribution in [0, 0.1) is 35.6 Å². The summed E-state index contributed by atoms with van der Waals surface area (Å²) in [6, 6.07) is 87.2. The molecule has 3 N–H and O–H groups in total. The maximum Gasteiger partial charge on any atom is 1.00 e. The first kappa shape index (κ1) is 73.1. The van der Waals surface area contributed by atoms with Gasteiger partial charge in [-0.25, -0.2) is 0 Å². The van der Waals surface area contributed by atoms with Crippen molar-refractivity contribution in [1.29, 1.82) is 0 Å². The van der Waals surface area contributed by atoms with Crippen LogP contribution < -0.4 is 104 Å². The summed E-state index contributed by atoms with van der Waals surface area (Å²) in [5.74, 6) is 0. The minimum atomic E-state index is -0.845. The van der Waals surface area contributed by atoms with Crippen LogP contribution in [0.4, 0.5) is 0 Å². The average molecular weight is 1250 g/mol. The van der Waals surface area contributed by atoms with Crippen molar-refractivity contribution < 1.29 is 155 Å². The molecule has 0 amide bonds. The molecule has 0 bridgehead atoms. The second kappa shape index (κ2) is 41.8. The first-order valence-electron chi connectivity index (χ1n) is 26.8. The van der Waals surface area contributed by atoms with Crippen LogP contribution in [0.15, 0.2) is 273 Å². The summed E-state index contributed by atoms with van der Waals surface area (Å²) in [5.41, 5.74) is 8.33. The Kier molecular flexibility index (Phi) is 37.2. The predicted molar refractivity (Wildman–Crippen MR) is 307 cm³/mol. The molecule has 1 radical (unpaired) electrons. The zero-order valence-corrected chi connectivity index (χ0v) is 57.4. The number of benzene rings is 9. The predicted octanol–water partition coefficient (Wildman–Crippen LogP) is 0.983. The van der Waals surface area contributed by atoms with Gasteiger partial charge in [0.2, 0.25) is 0 Å². The molecule has 0 fully saturated rings. The third kappa shape index (κ3) is 26.6. The molecule has 82 heavy (non-hydrogen) atoms. The Balaban J connectivity index is 0.000000315. The number of hydrogen-bond donors (Lipinski definition) is 3. The Morgan fingerprint density at radius 1 is 0.244 bits per heavy atom. The van der Waals surface area contributed by atoms with Gasteiger partial charge in [-0.3, -0.25) is 14.7 Å². The summed E-state index contributed by atoms with van der Waals surface area (Å²) in [5, 5.41) is 70.0. The molecule has 0 aliphatic rings. The molecule has 405 valence electrons. The molecule has 6 atom stereocenters. The van der Waals surface area contributed by atoms with Gasteiger partial charge in [-0.05, 0) is 53.0 Å². The zero-order valence-electron chi connectivity index (χ0n) is 47.8. The van der Waals surface area contributed by atoms with Gasteiger partial charge in [0, 0.05) is 74.9 Å². The molecule has 0 heterocycles. The number of aliphatic hydroxyl groups is 3. The first-order valence-corrected chi connectivity index (χ1v) is 26.8. The van der Waals surface area contributed by atoms with E-state index in [0.29, 0.717) is 58.9 Å². The standard InChI is InChI=1S/3C23H24NO2.La.3Na/c3*25-22(20-12-6-2-7-13-20)17-24(16-19-10-4-1-5-11-19)18-23(26)21-14-8-3-9-15-21;;;;/h3*1-15,22-23,25H,16-18H2;;;;/q3*-1;;3*+1/t3*22-,23-;;;;/m000..../s1. The Bertz CT molecular complexity index is 2490. The minimum Gasteiger partial charge on any atom is -0.848 e. The Morgan fingerprint density at radius 2 is 0.402 bits per heavy atom. The molecular formula is C69H72LaN3Na3O6. The van der Waals surface area contributed by atoms with Crippen LogP contribution in [0.5, 0.6) is 0 Å². The molecule has 9 rings (SSSR count). The van der Waals surface area contributed by atoms with Gasteiger partial charge in [0.05, 0.1) is 18.3 Å². The van der Waals surface area contributed by atoms with Crippen LogP contribution in [0.25, 0.3) is 0 Å². The normalized spacial score (nSPS) is 12.8. The van der Waals surface area contributed by atoms with Gasteiger partial charge in [0.1, 0.15) is 0 Å². The van der Waals surface area contributed by atoms with Crippen molar-refractivity contribution >= 4 is 0 Å². The summed E-state index contributed by atoms with van der Waals surface area (Å²) < 4.78 is 0. The molecule has 13 heteroatoms. The molecule has 9 aromatic rings. The van der Waals surface area contributed by atoms with Crippen LogP contribution in [0.2, 0.25) is 0 Å². The van der Waals surface area contributed by atoms with E-state index in [0.717, 1.165) is 50.1 Å². The van der Waals surface area contributed by atoms with Gasteiger partial charge in [0.25, 0.3) is 0 Å². The number of aliphatic hydroxyl groups excluding tert-OH is 3. The van der Waals surface area contributed by atoms with Crippen molar-refractivity contribution in [2.24, 2.45) is 0 Å². The Labute approximate surface area is 581 Å². The molecule has 0 saturated heterocycles. The van der Waals surface area contributed by atoms with Crippen LogP contribution in [0.1, 0.15) is 86.7 Å². The second-order valence-electron chi connectivity index (χ2n) is 19.5. The summed E-state index contributed by atoms with van der Waals surface area (Å²) in [7, 11) is 0. The summed E-state index contributed by atoms with van der Waals surface area (Å²) in [6.45, 7) is 4.22. The van der Waals surface area contributed by atoms with Crippen molar-refractivity contribution in [2.75, 3.05) is 39.3 Å². The quantitative estimate of drug-likeness (QED) is 0.0757. The fraction of sp³-hybridized carbons (Fsp3) is 0.217. The third-order valence-corrected chi connectivity index (χ3v) is 13.4. The first-order chi connectivity index (χ1) is 38.2. The van der Waals surface area contributed by atoms with E-state index < -0.39 is 36.6 Å². The van der Waals surface area contributed by atoms with Gasteiger partial charge >= 0.3 is 88.7 Å². The van der Waals surface area contributed by atoms with Crippen molar-refractivity contribution in [2.45, 2.75) is 56.3 Å². The number of hydrogen-bond acceptors (Lipinski definition) is 9. The van der Waals surface area contributed by atoms with E-state index in [1.165, 1.54) is 0 Å². The monoisotopic (exact) mass is 1250 g/mol. The van der Waals surface area contributed by atoms with Crippen molar-refractivity contribution in [1.82, 2.24) is 14.7 Å². The minimum absolute atomic E-state index is 0. The number of nitrogens with zero attached hydrogens (tertiary/aromatic N) is 3. The van der Waals surface area contributed by atoms with E-state index in [9.17, 15) is 30.6 Å². The van der Waals surface area contributed by atoms with Gasteiger partial charge in [-0.15, -0.1) is 0 Å². The molecule has 9 aromatic carbocycles. The van der Waals surface area contributed by atoms with E-state index in [4.69, 9.17) is 0 Å². The largest absolute Gasteiger partial charge is 1.00 e. The Hall–Kier alpha value is -3.19. The zero-order chi connectivity index (χ0) is 54.6. The van der Waals surface area contributed by atoms with E-state index >= 15 is 0 Å². The van der Waals surface area contributed by atoms with E-state index in [-0.39, 0.29) is 124 Å². The average Bonchev–Trinajstić information content (AvgIpc) is 3.51. The molecule has 0 aromatic heterocycles. The van der Waals surface area contributed by atoms with Crippen molar-refractivity contribution in [3.05, 3.63) is 323 Å². The van der Waals surface area contributed by atoms with Crippen molar-refractivity contribution in [3.8, 4) is 0 Å². The molecule has 0 aliphatic carbocycles. The van der Waals surface area contributed by atoms with Crippen LogP contribution in [-0.2, 0) is 19.6 Å². The van der Waals surface area contributed by atoms with Gasteiger partial charge in [0.15, 0.2) is 0 Å². The van der Waals surface area contributed by atoms with Crippen molar-refractivity contribution in [3.63, 3.8) is 0 Å². The van der Waals surface area contributed by atoms with E-state index in [1.54, 1.807) is 0 Å². The molecule has 0 spiro atoms. The maximum atomic E-state index is 12.7. The third-order valence-electron chi connectivity index (χ3n) is 13.4. The molecule has 9 nitrogen and oxygen atoms in total. The fourth-order valence-corrected chi connectivity index (χ4v) is 9.23. The van der Waals surface area contributed by atoms with E-state index in [1.807, 2.05) is 288 Å². The van der Waals surface area contributed by atoms with E-state index in [2.05, 4.69) is 0 Å². The van der Waals surface area contributed by atoms with Gasteiger partial charge in [-0.2, -0.15) is 0 Å². The number of rotatable bonds is 24. The summed E-state index contributed by atoms with van der Waals surface area (Å²) >= 11 is 0. The second-order valence-corrected chi connectivity index (χ2v) is 19.5. The van der Waals surface area contributed by atoms with Crippen LogP contribution >= 0.6 is 0 Å². The van der Waals surface area contributed by atoms with Crippen LogP contribution in [0.3, 0.4) is 0 Å². The van der Waals surface area contributed by atoms with Gasteiger partial charge < -0.3 is 30.6 Å². The smallest absolute Gasteiger partial charge is 0.848 e. The molecule has 0 unspecified atom stereocenters. The topological polar surface area (TPSA) is 140 Å². The summed E-state index contributed by atoms with van der Waals surface area (Å²) in [4.78, 5) is 6.12. The van der Waals surface area contributed by atoms with Crippen LogP contribution in [-0.4, -0.2) is 69.3 Å². The Morgan fingerprint density at radius 3 is 0.585 bits per heavy atom. The maximum absolute atomic E-state index is 12.7. The molecular weight excluding hydrogens is 1170 g/mol. The molecule has 0 saturated carbocycles. The summed E-state index contributed by atoms with van der Waals surface area (Å²) in [6.07, 6.45) is -4.40. The SMILES string of the molecule is [La].[Na+].[Na+].[Na+].[O-][C@@H](CN(Cc1ccccc1)C[C@H](O)c1ccccc1)c1ccccc1.[O-][C@@H](CN(Cc1ccccc1)C[C@H](O)c1ccccc1)c1ccccc1.[O-][C@@H](CN(Cc1ccccc1)C[C@H](O)c1ccccc1)c1ccccc1. The molecule has 0 aliphatic heterocycles. The fourth-order valence-electron chi connectivity index (χ4n) is 9.23. The van der Waals surface area contributed by atoms with Gasteiger partial charge in [-0.1, -0.05) is 308 Å².